The normalized spacial score (nSPS) is 11.4. The monoisotopic (exact) mass is 296 g/mol. The molecule has 0 amide bonds. The Morgan fingerprint density at radius 2 is 2.05 bits per heavy atom. The number of carbonyl (C=O) groups is 2. The van der Waals surface area contributed by atoms with E-state index >= 15 is 0 Å². The maximum absolute atomic E-state index is 11.5. The third-order valence-electron chi connectivity index (χ3n) is 2.09. The Hall–Kier alpha value is -1.81. The number of hydrogen-bond donors (Lipinski definition) is 0. The van der Waals surface area contributed by atoms with Gasteiger partial charge < -0.3 is 9.47 Å². The molecule has 1 aromatic carbocycles. The molecule has 0 unspecified atom stereocenters. The zero-order valence-electron chi connectivity index (χ0n) is 11.7. The van der Waals surface area contributed by atoms with Gasteiger partial charge in [0.2, 0.25) is 0 Å². The van der Waals surface area contributed by atoms with Crippen LogP contribution in [0.15, 0.2) is 24.3 Å². The molecule has 4 nitrogen and oxygen atoms in total. The second-order valence-corrected chi connectivity index (χ2v) is 5.47. The van der Waals surface area contributed by atoms with Gasteiger partial charge in [-0.25, -0.2) is 4.79 Å². The fourth-order valence-electron chi connectivity index (χ4n) is 1.39. The Balaban J connectivity index is 2.69. The first-order chi connectivity index (χ1) is 9.31. The van der Waals surface area contributed by atoms with Gasteiger partial charge in [-0.15, -0.1) is 0 Å². The number of benzene rings is 1. The third kappa shape index (κ3) is 5.89. The first kappa shape index (κ1) is 16.2. The SMILES string of the molecule is CC(C)(C)OC(=O)COc1cc(C=CC=O)ccc1Cl. The number of rotatable bonds is 5. The zero-order chi connectivity index (χ0) is 15.2. The molecule has 0 radical (unpaired) electrons. The third-order valence-corrected chi connectivity index (χ3v) is 2.40. The summed E-state index contributed by atoms with van der Waals surface area (Å²) in [5.41, 5.74) is 0.194. The number of aldehydes is 1. The largest absolute Gasteiger partial charge is 0.480 e. The Morgan fingerprint density at radius 3 is 2.65 bits per heavy atom. The van der Waals surface area contributed by atoms with E-state index in [0.29, 0.717) is 17.1 Å². The average Bonchev–Trinajstić information content (AvgIpc) is 2.34. The number of esters is 1. The summed E-state index contributed by atoms with van der Waals surface area (Å²) >= 11 is 5.98. The molecule has 0 atom stereocenters. The Kier molecular flexibility index (Phi) is 5.77. The molecular weight excluding hydrogens is 280 g/mol. The number of hydrogen-bond acceptors (Lipinski definition) is 4. The fraction of sp³-hybridized carbons (Fsp3) is 0.333. The van der Waals surface area contributed by atoms with Crippen molar-refractivity contribution < 1.29 is 19.1 Å². The standard InChI is InChI=1S/C15H17ClO4/c1-15(2,3)20-14(18)10-19-13-9-11(5-4-8-17)6-7-12(13)16/h4-9H,10H2,1-3H3. The van der Waals surface area contributed by atoms with Crippen LogP contribution in [0, 0.1) is 0 Å². The van der Waals surface area contributed by atoms with Crippen LogP contribution in [0.5, 0.6) is 5.75 Å². The van der Waals surface area contributed by atoms with Crippen LogP contribution in [0.4, 0.5) is 0 Å². The van der Waals surface area contributed by atoms with E-state index < -0.39 is 11.6 Å². The van der Waals surface area contributed by atoms with Gasteiger partial charge in [-0.05, 0) is 44.5 Å². The van der Waals surface area contributed by atoms with Crippen LogP contribution in [0.3, 0.4) is 0 Å². The van der Waals surface area contributed by atoms with Crippen molar-refractivity contribution in [3.8, 4) is 5.75 Å². The van der Waals surface area contributed by atoms with Crippen LogP contribution >= 0.6 is 11.6 Å². The lowest BCUT2D eigenvalue weighted by Gasteiger charge is -2.19. The summed E-state index contributed by atoms with van der Waals surface area (Å²) in [5, 5.41) is 0.386. The topological polar surface area (TPSA) is 52.6 Å². The van der Waals surface area contributed by atoms with Gasteiger partial charge >= 0.3 is 5.97 Å². The van der Waals surface area contributed by atoms with Crippen molar-refractivity contribution in [2.75, 3.05) is 6.61 Å². The molecule has 0 aliphatic rings. The smallest absolute Gasteiger partial charge is 0.344 e. The van der Waals surface area contributed by atoms with E-state index in [0.717, 1.165) is 5.56 Å². The first-order valence-electron chi connectivity index (χ1n) is 6.08. The van der Waals surface area contributed by atoms with E-state index in [2.05, 4.69) is 0 Å². The maximum Gasteiger partial charge on any atom is 0.344 e. The summed E-state index contributed by atoms with van der Waals surface area (Å²) in [4.78, 5) is 21.8. The molecule has 0 saturated heterocycles. The van der Waals surface area contributed by atoms with Gasteiger partial charge in [-0.1, -0.05) is 23.7 Å². The Morgan fingerprint density at radius 1 is 1.35 bits per heavy atom. The second-order valence-electron chi connectivity index (χ2n) is 5.06. The van der Waals surface area contributed by atoms with Gasteiger partial charge in [0.05, 0.1) is 5.02 Å². The van der Waals surface area contributed by atoms with Crippen LogP contribution in [-0.4, -0.2) is 24.5 Å². The van der Waals surface area contributed by atoms with Gasteiger partial charge in [0.15, 0.2) is 6.61 Å². The second kappa shape index (κ2) is 7.10. The highest BCUT2D eigenvalue weighted by Gasteiger charge is 2.17. The molecule has 0 fully saturated rings. The molecule has 0 bridgehead atoms. The molecule has 0 saturated carbocycles. The Labute approximate surface area is 123 Å². The molecule has 1 rings (SSSR count). The van der Waals surface area contributed by atoms with E-state index in [9.17, 15) is 9.59 Å². The van der Waals surface area contributed by atoms with E-state index in [1.165, 1.54) is 6.08 Å². The van der Waals surface area contributed by atoms with Gasteiger partial charge in [0.1, 0.15) is 17.6 Å². The fourth-order valence-corrected chi connectivity index (χ4v) is 1.56. The van der Waals surface area contributed by atoms with Crippen molar-refractivity contribution >= 4 is 29.9 Å². The van der Waals surface area contributed by atoms with E-state index in [1.807, 2.05) is 0 Å². The summed E-state index contributed by atoms with van der Waals surface area (Å²) in [6.45, 7) is 5.12. The zero-order valence-corrected chi connectivity index (χ0v) is 12.4. The molecule has 0 N–H and O–H groups in total. The minimum absolute atomic E-state index is 0.224. The summed E-state index contributed by atoms with van der Waals surface area (Å²) in [6, 6.07) is 5.02. The molecular formula is C15H17ClO4. The van der Waals surface area contributed by atoms with Gasteiger partial charge in [0, 0.05) is 0 Å². The quantitative estimate of drug-likeness (QED) is 0.475. The average molecular weight is 297 g/mol. The number of carbonyl (C=O) groups excluding carboxylic acids is 2. The van der Waals surface area contributed by atoms with Crippen LogP contribution in [0.25, 0.3) is 6.08 Å². The minimum atomic E-state index is -0.557. The molecule has 0 aliphatic heterocycles. The molecule has 0 heterocycles. The molecule has 5 heteroatoms. The lowest BCUT2D eigenvalue weighted by molar-refractivity contribution is -0.157. The van der Waals surface area contributed by atoms with Crippen LogP contribution < -0.4 is 4.74 Å². The van der Waals surface area contributed by atoms with Crippen molar-refractivity contribution in [3.63, 3.8) is 0 Å². The highest BCUT2D eigenvalue weighted by Crippen LogP contribution is 2.26. The summed E-state index contributed by atoms with van der Waals surface area (Å²) in [6.07, 6.45) is 3.65. The highest BCUT2D eigenvalue weighted by atomic mass is 35.5. The predicted molar refractivity (Wildman–Crippen MR) is 77.9 cm³/mol. The van der Waals surface area contributed by atoms with E-state index in [-0.39, 0.29) is 6.61 Å². The van der Waals surface area contributed by atoms with Crippen molar-refractivity contribution in [2.45, 2.75) is 26.4 Å². The Bertz CT molecular complexity index is 515. The highest BCUT2D eigenvalue weighted by molar-refractivity contribution is 6.32. The van der Waals surface area contributed by atoms with Crippen molar-refractivity contribution in [1.82, 2.24) is 0 Å². The van der Waals surface area contributed by atoms with Crippen molar-refractivity contribution in [2.24, 2.45) is 0 Å². The number of halogens is 1. The number of ether oxygens (including phenoxy) is 2. The van der Waals surface area contributed by atoms with Crippen molar-refractivity contribution in [1.29, 1.82) is 0 Å². The molecule has 108 valence electrons. The lowest BCUT2D eigenvalue weighted by Crippen LogP contribution is -2.27. The van der Waals surface area contributed by atoms with Gasteiger partial charge in [-0.3, -0.25) is 4.79 Å². The van der Waals surface area contributed by atoms with E-state index in [4.69, 9.17) is 21.1 Å². The number of allylic oxidation sites excluding steroid dienone is 1. The van der Waals surface area contributed by atoms with Crippen molar-refractivity contribution in [3.05, 3.63) is 34.9 Å². The van der Waals surface area contributed by atoms with Crippen LogP contribution in [0.1, 0.15) is 26.3 Å². The van der Waals surface area contributed by atoms with Gasteiger partial charge in [0.25, 0.3) is 0 Å². The summed E-state index contributed by atoms with van der Waals surface area (Å²) in [5.74, 6) is -0.104. The van der Waals surface area contributed by atoms with Crippen LogP contribution in [-0.2, 0) is 14.3 Å². The molecule has 0 spiro atoms. The van der Waals surface area contributed by atoms with E-state index in [1.54, 1.807) is 45.0 Å². The van der Waals surface area contributed by atoms with Crippen LogP contribution in [0.2, 0.25) is 5.02 Å². The molecule has 0 aromatic heterocycles. The lowest BCUT2D eigenvalue weighted by atomic mass is 10.2. The summed E-state index contributed by atoms with van der Waals surface area (Å²) in [7, 11) is 0. The molecule has 20 heavy (non-hydrogen) atoms. The molecule has 0 aliphatic carbocycles. The minimum Gasteiger partial charge on any atom is -0.480 e. The summed E-state index contributed by atoms with van der Waals surface area (Å²) < 4.78 is 10.5. The maximum atomic E-state index is 11.5. The first-order valence-corrected chi connectivity index (χ1v) is 6.45. The predicted octanol–water partition coefficient (Wildman–Crippen LogP) is 3.27. The molecule has 1 aromatic rings. The van der Waals surface area contributed by atoms with Gasteiger partial charge in [-0.2, -0.15) is 0 Å².